The van der Waals surface area contributed by atoms with Gasteiger partial charge in [0.05, 0.1) is 80.2 Å². The van der Waals surface area contributed by atoms with Crippen molar-refractivity contribution in [3.8, 4) is 27.4 Å². The monoisotopic (exact) mass is 1040 g/mol. The van der Waals surface area contributed by atoms with Gasteiger partial charge in [-0.15, -0.1) is 11.3 Å². The Hall–Kier alpha value is -6.09. The Bertz CT molecular complexity index is 2690. The van der Waals surface area contributed by atoms with Crippen LogP contribution in [0.25, 0.3) is 21.7 Å². The van der Waals surface area contributed by atoms with E-state index in [0.717, 1.165) is 94.8 Å². The van der Waals surface area contributed by atoms with Gasteiger partial charge in [0.25, 0.3) is 0 Å². The summed E-state index contributed by atoms with van der Waals surface area (Å²) in [6.45, 7) is 21.2. The SMILES string of the molecule is C=C(NCc1ccc(-c2scnc2C)cc1)[C@@H]1C[C@@H](O)CN1C(=O)[C@@H](NC(=O)COCCOCCN1CCN(CCOc2ccc3cc2COC/C=C/COCc2cccc(c2)-c2ccnc(n2)N3)CC1)C(C)(C)C. The van der Waals surface area contributed by atoms with E-state index in [0.29, 0.717) is 70.9 Å². The van der Waals surface area contributed by atoms with Gasteiger partial charge in [-0.1, -0.05) is 82.0 Å². The second-order valence-electron chi connectivity index (χ2n) is 20.2. The number of thiazole rings is 1. The van der Waals surface area contributed by atoms with Crippen molar-refractivity contribution in [1.29, 1.82) is 0 Å². The summed E-state index contributed by atoms with van der Waals surface area (Å²) in [5, 5.41) is 20.4. The molecule has 3 atom stereocenters. The van der Waals surface area contributed by atoms with Gasteiger partial charge in [0.15, 0.2) is 0 Å². The van der Waals surface area contributed by atoms with E-state index < -0.39 is 29.5 Å². The summed E-state index contributed by atoms with van der Waals surface area (Å²) < 4.78 is 29.9. The van der Waals surface area contributed by atoms with Crippen LogP contribution >= 0.6 is 11.3 Å². The number of nitrogens with one attached hydrogen (secondary N) is 3. The number of nitrogens with zero attached hydrogens (tertiary/aromatic N) is 6. The number of hydrogen-bond acceptors (Lipinski definition) is 16. The maximum absolute atomic E-state index is 14.1. The Morgan fingerprint density at radius 1 is 0.893 bits per heavy atom. The number of aliphatic hydroxyl groups excluding tert-OH is 1. The number of hydrogen-bond donors (Lipinski definition) is 4. The fourth-order valence-corrected chi connectivity index (χ4v) is 10.1. The van der Waals surface area contributed by atoms with E-state index >= 15 is 0 Å². The number of benzene rings is 3. The number of aliphatic hydroxyl groups is 1. The predicted octanol–water partition coefficient (Wildman–Crippen LogP) is 6.75. The smallest absolute Gasteiger partial charge is 0.246 e. The molecule has 0 aliphatic carbocycles. The minimum Gasteiger partial charge on any atom is -0.492 e. The van der Waals surface area contributed by atoms with Gasteiger partial charge in [-0.2, -0.15) is 0 Å². The van der Waals surface area contributed by atoms with Crippen LogP contribution in [-0.4, -0.2) is 157 Å². The van der Waals surface area contributed by atoms with Gasteiger partial charge in [0.1, 0.15) is 25.0 Å². The van der Waals surface area contributed by atoms with Crippen molar-refractivity contribution in [3.05, 3.63) is 131 Å². The van der Waals surface area contributed by atoms with Gasteiger partial charge in [0.2, 0.25) is 17.8 Å². The number of carbonyl (C=O) groups is 2. The number of piperazine rings is 1. The van der Waals surface area contributed by atoms with Crippen molar-refractivity contribution in [2.24, 2.45) is 5.41 Å². The summed E-state index contributed by atoms with van der Waals surface area (Å²) >= 11 is 1.62. The van der Waals surface area contributed by atoms with Crippen LogP contribution in [0.5, 0.6) is 5.75 Å². The molecule has 2 saturated heterocycles. The first kappa shape index (κ1) is 55.2. The molecule has 3 aliphatic heterocycles. The summed E-state index contributed by atoms with van der Waals surface area (Å²) in [4.78, 5) is 48.5. The zero-order chi connectivity index (χ0) is 52.6. The summed E-state index contributed by atoms with van der Waals surface area (Å²) in [5.41, 5.74) is 9.73. The largest absolute Gasteiger partial charge is 0.492 e. The molecule has 400 valence electrons. The van der Waals surface area contributed by atoms with Crippen molar-refractivity contribution in [2.45, 2.75) is 72.1 Å². The number of carbonyl (C=O) groups excluding carboxylic acids is 2. The van der Waals surface area contributed by atoms with Gasteiger partial charge in [-0.25, -0.2) is 15.0 Å². The molecule has 0 unspecified atom stereocenters. The molecule has 0 spiro atoms. The molecule has 3 aliphatic rings. The first-order valence-corrected chi connectivity index (χ1v) is 26.8. The highest BCUT2D eigenvalue weighted by Crippen LogP contribution is 2.31. The van der Waals surface area contributed by atoms with Crippen molar-refractivity contribution in [2.75, 3.05) is 97.4 Å². The summed E-state index contributed by atoms with van der Waals surface area (Å²) in [5.74, 6) is 0.619. The third-order valence-corrected chi connectivity index (χ3v) is 14.4. The number of aromatic nitrogens is 3. The lowest BCUT2D eigenvalue weighted by Gasteiger charge is -2.36. The third kappa shape index (κ3) is 16.2. The molecule has 5 aromatic rings. The standard InChI is InChI=1S/C57H73N9O8S/c1-40(59-34-42-11-13-44(14-12-42)53-41(2)60-39-75-53)50-33-48(67)35-66(50)55(69)54(57(3,4)5)63-52(68)38-73-30-29-70-27-23-64-19-21-65(22-20-64)24-28-74-51-16-15-47-32-46(51)37-72-26-7-6-25-71-36-43-9-8-10-45(31-43)49-17-18-58-56(61-47)62-49/h6-18,31-32,39,48,50,54,59,67H,1,19-30,33-38H2,2-5H3,(H,63,68)(H,58,61,62)/b7-6+/t48-,50+,54-/m1/s1. The van der Waals surface area contributed by atoms with E-state index in [1.807, 2.05) is 87.8 Å². The number of rotatable bonds is 19. The van der Waals surface area contributed by atoms with Crippen LogP contribution in [0.3, 0.4) is 0 Å². The second-order valence-corrected chi connectivity index (χ2v) is 21.1. The number of amides is 2. The molecule has 17 nitrogen and oxygen atoms in total. The van der Waals surface area contributed by atoms with E-state index in [1.165, 1.54) is 0 Å². The van der Waals surface area contributed by atoms with Crippen LogP contribution in [0, 0.1) is 12.3 Å². The highest BCUT2D eigenvalue weighted by atomic mass is 32.1. The number of aryl methyl sites for hydroxylation is 1. The molecule has 18 heteroatoms. The summed E-state index contributed by atoms with van der Waals surface area (Å²) in [6.07, 6.45) is 5.36. The number of β-amino-alcohol motifs (C(OH)–C–C–N with tert-alkyl or cyclic N) is 1. The number of fused-ring (bicyclic) bond motifs is 7. The molecule has 0 radical (unpaired) electrons. The average Bonchev–Trinajstić information content (AvgIpc) is 4.03. The molecule has 5 heterocycles. The molecule has 2 fully saturated rings. The molecule has 3 aromatic carbocycles. The Balaban J connectivity index is 0.711. The predicted molar refractivity (Wildman–Crippen MR) is 291 cm³/mol. The average molecular weight is 1040 g/mol. The Morgan fingerprint density at radius 2 is 1.64 bits per heavy atom. The van der Waals surface area contributed by atoms with Crippen molar-refractivity contribution in [1.82, 2.24) is 40.3 Å². The summed E-state index contributed by atoms with van der Waals surface area (Å²) in [6, 6.07) is 23.1. The number of ether oxygens (including phenoxy) is 5. The second kappa shape index (κ2) is 27.1. The molecule has 2 amide bonds. The van der Waals surface area contributed by atoms with Crippen molar-refractivity contribution in [3.63, 3.8) is 0 Å². The topological polar surface area (TPSA) is 185 Å². The lowest BCUT2D eigenvalue weighted by molar-refractivity contribution is -0.141. The van der Waals surface area contributed by atoms with Crippen LogP contribution in [-0.2, 0) is 48.3 Å². The van der Waals surface area contributed by atoms with Crippen LogP contribution in [0.1, 0.15) is 49.6 Å². The van der Waals surface area contributed by atoms with E-state index in [4.69, 9.17) is 28.7 Å². The maximum Gasteiger partial charge on any atom is 0.246 e. The van der Waals surface area contributed by atoms with Gasteiger partial charge < -0.3 is 49.6 Å². The Morgan fingerprint density at radius 3 is 2.39 bits per heavy atom. The third-order valence-electron chi connectivity index (χ3n) is 13.5. The highest BCUT2D eigenvalue weighted by molar-refractivity contribution is 7.13. The lowest BCUT2D eigenvalue weighted by atomic mass is 9.85. The minimum atomic E-state index is -0.841. The first-order chi connectivity index (χ1) is 36.4. The fourth-order valence-electron chi connectivity index (χ4n) is 9.25. The van der Waals surface area contributed by atoms with Crippen molar-refractivity contribution >= 4 is 34.8 Å². The maximum atomic E-state index is 14.1. The number of anilines is 2. The molecule has 6 bridgehead atoms. The zero-order valence-electron chi connectivity index (χ0n) is 43.8. The lowest BCUT2D eigenvalue weighted by Crippen LogP contribution is -2.57. The fraction of sp³-hybridized carbons (Fsp3) is 0.456. The van der Waals surface area contributed by atoms with Crippen LogP contribution in [0.2, 0.25) is 0 Å². The number of likely N-dealkylation sites (tertiary alicyclic amines) is 1. The quantitative estimate of drug-likeness (QED) is 0.0503. The van der Waals surface area contributed by atoms with Crippen LogP contribution in [0.4, 0.5) is 11.6 Å². The van der Waals surface area contributed by atoms with Gasteiger partial charge in [-0.05, 0) is 59.4 Å². The molecule has 4 N–H and O–H groups in total. The van der Waals surface area contributed by atoms with Crippen LogP contribution in [0.15, 0.2) is 109 Å². The van der Waals surface area contributed by atoms with Gasteiger partial charge in [-0.3, -0.25) is 19.4 Å². The van der Waals surface area contributed by atoms with Crippen molar-refractivity contribution < 1.29 is 38.4 Å². The Labute approximate surface area is 445 Å². The molecular weight excluding hydrogens is 971 g/mol. The molecular formula is C57H73N9O8S. The van der Waals surface area contributed by atoms with Crippen LogP contribution < -0.4 is 20.7 Å². The van der Waals surface area contributed by atoms with Gasteiger partial charge >= 0.3 is 0 Å². The Kier molecular flexibility index (Phi) is 19.9. The van der Waals surface area contributed by atoms with E-state index in [2.05, 4.69) is 72.6 Å². The van der Waals surface area contributed by atoms with E-state index in [-0.39, 0.29) is 25.7 Å². The highest BCUT2D eigenvalue weighted by Gasteiger charge is 2.43. The van der Waals surface area contributed by atoms with E-state index in [1.54, 1.807) is 22.4 Å². The molecule has 8 rings (SSSR count). The minimum absolute atomic E-state index is 0.154. The zero-order valence-corrected chi connectivity index (χ0v) is 44.6. The normalized spacial score (nSPS) is 18.5. The first-order valence-electron chi connectivity index (χ1n) is 25.9. The summed E-state index contributed by atoms with van der Waals surface area (Å²) in [7, 11) is 0. The van der Waals surface area contributed by atoms with Gasteiger partial charge in [0, 0.05) is 87.5 Å². The molecule has 2 aromatic heterocycles. The van der Waals surface area contributed by atoms with E-state index in [9.17, 15) is 14.7 Å². The molecule has 0 saturated carbocycles. The molecule has 75 heavy (non-hydrogen) atoms.